The van der Waals surface area contributed by atoms with Crippen molar-refractivity contribution in [2.45, 2.75) is 25.9 Å². The van der Waals surface area contributed by atoms with E-state index in [1.807, 2.05) is 31.2 Å². The molecule has 0 aliphatic heterocycles. The second-order valence-electron chi connectivity index (χ2n) is 3.70. The Bertz CT molecular complexity index is 351. The Morgan fingerprint density at radius 1 is 1.50 bits per heavy atom. The first kappa shape index (κ1) is 12.8. The molecule has 1 unspecified atom stereocenters. The zero-order valence-corrected chi connectivity index (χ0v) is 9.91. The molecular formula is C11H16ClN3O. The standard InChI is InChI=1S/C11H16ClN3O/c1-8(6-11(13)15-16)14-7-9-2-4-10(12)5-3-9/h2-5,8,14,16H,6-7H2,1H3,(H2,13,15). The van der Waals surface area contributed by atoms with Crippen LogP contribution >= 0.6 is 11.6 Å². The van der Waals surface area contributed by atoms with Crippen LogP contribution < -0.4 is 11.1 Å². The van der Waals surface area contributed by atoms with Gasteiger partial charge in [-0.15, -0.1) is 0 Å². The summed E-state index contributed by atoms with van der Waals surface area (Å²) in [7, 11) is 0. The molecule has 1 rings (SSSR count). The Morgan fingerprint density at radius 2 is 2.12 bits per heavy atom. The van der Waals surface area contributed by atoms with E-state index in [2.05, 4.69) is 10.5 Å². The quantitative estimate of drug-likeness (QED) is 0.319. The number of benzene rings is 1. The van der Waals surface area contributed by atoms with Crippen LogP contribution in [0.4, 0.5) is 0 Å². The van der Waals surface area contributed by atoms with Gasteiger partial charge in [-0.3, -0.25) is 0 Å². The van der Waals surface area contributed by atoms with E-state index in [1.165, 1.54) is 0 Å². The molecule has 1 aromatic rings. The molecule has 0 aliphatic carbocycles. The number of oxime groups is 1. The van der Waals surface area contributed by atoms with E-state index in [0.717, 1.165) is 17.1 Å². The lowest BCUT2D eigenvalue weighted by molar-refractivity contribution is 0.316. The molecule has 1 aromatic carbocycles. The van der Waals surface area contributed by atoms with Gasteiger partial charge in [-0.25, -0.2) is 0 Å². The highest BCUT2D eigenvalue weighted by Gasteiger charge is 2.04. The number of amidine groups is 1. The predicted octanol–water partition coefficient (Wildman–Crippen LogP) is 1.95. The third-order valence-electron chi connectivity index (χ3n) is 2.21. The molecule has 4 N–H and O–H groups in total. The second kappa shape index (κ2) is 6.35. The van der Waals surface area contributed by atoms with Crippen LogP contribution in [-0.4, -0.2) is 17.1 Å². The number of halogens is 1. The summed E-state index contributed by atoms with van der Waals surface area (Å²) >= 11 is 5.78. The van der Waals surface area contributed by atoms with Crippen molar-refractivity contribution in [1.29, 1.82) is 0 Å². The summed E-state index contributed by atoms with van der Waals surface area (Å²) in [4.78, 5) is 0. The first-order chi connectivity index (χ1) is 7.61. The molecule has 0 heterocycles. The Morgan fingerprint density at radius 3 is 2.69 bits per heavy atom. The maximum atomic E-state index is 8.42. The largest absolute Gasteiger partial charge is 0.409 e. The first-order valence-corrected chi connectivity index (χ1v) is 5.44. The third kappa shape index (κ3) is 4.51. The van der Waals surface area contributed by atoms with Crippen molar-refractivity contribution in [2.75, 3.05) is 0 Å². The molecule has 5 heteroatoms. The molecule has 88 valence electrons. The molecular weight excluding hydrogens is 226 g/mol. The van der Waals surface area contributed by atoms with Crippen LogP contribution in [0, 0.1) is 0 Å². The lowest BCUT2D eigenvalue weighted by Gasteiger charge is -2.12. The van der Waals surface area contributed by atoms with Gasteiger partial charge in [-0.05, 0) is 24.6 Å². The van der Waals surface area contributed by atoms with E-state index in [9.17, 15) is 0 Å². The van der Waals surface area contributed by atoms with Gasteiger partial charge in [0.05, 0.1) is 0 Å². The highest BCUT2D eigenvalue weighted by Crippen LogP contribution is 2.09. The van der Waals surface area contributed by atoms with Crippen molar-refractivity contribution >= 4 is 17.4 Å². The zero-order chi connectivity index (χ0) is 12.0. The number of nitrogens with two attached hydrogens (primary N) is 1. The summed E-state index contributed by atoms with van der Waals surface area (Å²) in [5.41, 5.74) is 6.55. The Kier molecular flexibility index (Phi) is 5.08. The molecule has 0 saturated heterocycles. The molecule has 0 spiro atoms. The van der Waals surface area contributed by atoms with E-state index < -0.39 is 0 Å². The van der Waals surface area contributed by atoms with Gasteiger partial charge in [0.2, 0.25) is 0 Å². The summed E-state index contributed by atoms with van der Waals surface area (Å²) in [6, 6.07) is 7.79. The monoisotopic (exact) mass is 241 g/mol. The highest BCUT2D eigenvalue weighted by molar-refractivity contribution is 6.30. The molecule has 0 aromatic heterocycles. The minimum Gasteiger partial charge on any atom is -0.409 e. The number of rotatable bonds is 5. The van der Waals surface area contributed by atoms with E-state index >= 15 is 0 Å². The average molecular weight is 242 g/mol. The van der Waals surface area contributed by atoms with Crippen LogP contribution in [0.25, 0.3) is 0 Å². The zero-order valence-electron chi connectivity index (χ0n) is 9.15. The summed E-state index contributed by atoms with van der Waals surface area (Å²) in [6.07, 6.45) is 0.518. The van der Waals surface area contributed by atoms with E-state index in [1.54, 1.807) is 0 Å². The summed E-state index contributed by atoms with van der Waals surface area (Å²) in [5, 5.41) is 15.4. The fraction of sp³-hybridized carbons (Fsp3) is 0.364. The van der Waals surface area contributed by atoms with Crippen LogP contribution in [-0.2, 0) is 6.54 Å². The van der Waals surface area contributed by atoms with Gasteiger partial charge >= 0.3 is 0 Å². The summed E-state index contributed by atoms with van der Waals surface area (Å²) < 4.78 is 0. The second-order valence-corrected chi connectivity index (χ2v) is 4.14. The van der Waals surface area contributed by atoms with Crippen molar-refractivity contribution in [2.24, 2.45) is 10.9 Å². The van der Waals surface area contributed by atoms with Crippen molar-refractivity contribution < 1.29 is 5.21 Å². The number of nitrogens with zero attached hydrogens (tertiary/aromatic N) is 1. The molecule has 0 aliphatic rings. The molecule has 0 bridgehead atoms. The lowest BCUT2D eigenvalue weighted by Crippen LogP contribution is -2.30. The van der Waals surface area contributed by atoms with E-state index in [4.69, 9.17) is 22.5 Å². The molecule has 0 amide bonds. The van der Waals surface area contributed by atoms with E-state index in [-0.39, 0.29) is 11.9 Å². The Labute approximate surface area is 100 Å². The van der Waals surface area contributed by atoms with Gasteiger partial charge in [0, 0.05) is 24.0 Å². The molecule has 16 heavy (non-hydrogen) atoms. The number of hydrogen-bond acceptors (Lipinski definition) is 3. The maximum Gasteiger partial charge on any atom is 0.140 e. The minimum atomic E-state index is 0.159. The summed E-state index contributed by atoms with van der Waals surface area (Å²) in [5.74, 6) is 0.233. The van der Waals surface area contributed by atoms with Crippen LogP contribution in [0.15, 0.2) is 29.4 Å². The summed E-state index contributed by atoms with van der Waals surface area (Å²) in [6.45, 7) is 2.71. The number of nitrogens with one attached hydrogen (secondary N) is 1. The molecule has 4 nitrogen and oxygen atoms in total. The smallest absolute Gasteiger partial charge is 0.140 e. The van der Waals surface area contributed by atoms with Crippen molar-refractivity contribution in [3.63, 3.8) is 0 Å². The SMILES string of the molecule is CC(CC(N)=NO)NCc1ccc(Cl)cc1. The van der Waals surface area contributed by atoms with Gasteiger partial charge in [0.25, 0.3) is 0 Å². The van der Waals surface area contributed by atoms with Crippen LogP contribution in [0.1, 0.15) is 18.9 Å². The predicted molar refractivity (Wildman–Crippen MR) is 65.8 cm³/mol. The van der Waals surface area contributed by atoms with Crippen molar-refractivity contribution in [1.82, 2.24) is 5.32 Å². The minimum absolute atomic E-state index is 0.159. The topological polar surface area (TPSA) is 70.6 Å². The van der Waals surface area contributed by atoms with Gasteiger partial charge < -0.3 is 16.3 Å². The average Bonchev–Trinajstić information content (AvgIpc) is 2.28. The molecule has 0 radical (unpaired) electrons. The van der Waals surface area contributed by atoms with Gasteiger partial charge in [-0.2, -0.15) is 0 Å². The normalized spacial score (nSPS) is 13.8. The fourth-order valence-electron chi connectivity index (χ4n) is 1.32. The lowest BCUT2D eigenvalue weighted by atomic mass is 10.2. The van der Waals surface area contributed by atoms with Crippen LogP contribution in [0.2, 0.25) is 5.02 Å². The number of hydrogen-bond donors (Lipinski definition) is 3. The van der Waals surface area contributed by atoms with Crippen LogP contribution in [0.5, 0.6) is 0 Å². The molecule has 0 fully saturated rings. The van der Waals surface area contributed by atoms with Crippen LogP contribution in [0.3, 0.4) is 0 Å². The van der Waals surface area contributed by atoms with E-state index in [0.29, 0.717) is 6.42 Å². The Balaban J connectivity index is 2.37. The molecule has 1 atom stereocenters. The van der Waals surface area contributed by atoms with Gasteiger partial charge in [0.1, 0.15) is 5.84 Å². The van der Waals surface area contributed by atoms with Crippen molar-refractivity contribution in [3.05, 3.63) is 34.9 Å². The fourth-order valence-corrected chi connectivity index (χ4v) is 1.45. The maximum absolute atomic E-state index is 8.42. The third-order valence-corrected chi connectivity index (χ3v) is 2.46. The molecule has 0 saturated carbocycles. The van der Waals surface area contributed by atoms with Gasteiger partial charge in [0.15, 0.2) is 0 Å². The first-order valence-electron chi connectivity index (χ1n) is 5.06. The van der Waals surface area contributed by atoms with Crippen molar-refractivity contribution in [3.8, 4) is 0 Å². The highest BCUT2D eigenvalue weighted by atomic mass is 35.5. The Hall–Kier alpha value is -1.26. The van der Waals surface area contributed by atoms with Gasteiger partial charge in [-0.1, -0.05) is 28.9 Å².